The molecule has 0 atom stereocenters. The van der Waals surface area contributed by atoms with Gasteiger partial charge in [0.1, 0.15) is 11.5 Å². The van der Waals surface area contributed by atoms with Crippen molar-refractivity contribution in [3.05, 3.63) is 77.9 Å². The first-order chi connectivity index (χ1) is 13.4. The summed E-state index contributed by atoms with van der Waals surface area (Å²) < 4.78 is 0. The largest absolute Gasteiger partial charge is 0.508 e. The maximum absolute atomic E-state index is 10.1. The van der Waals surface area contributed by atoms with E-state index in [1.165, 1.54) is 11.1 Å². The lowest BCUT2D eigenvalue weighted by molar-refractivity contribution is 0.475. The minimum absolute atomic E-state index is 0.0146. The van der Waals surface area contributed by atoms with E-state index in [0.717, 1.165) is 17.1 Å². The van der Waals surface area contributed by atoms with Gasteiger partial charge in [-0.2, -0.15) is 0 Å². The number of hydrogen-bond acceptors (Lipinski definition) is 3. The number of aromatic hydroxyl groups is 2. The van der Waals surface area contributed by atoms with Crippen LogP contribution >= 0.6 is 0 Å². The lowest BCUT2D eigenvalue weighted by atomic mass is 9.80. The van der Waals surface area contributed by atoms with Crippen molar-refractivity contribution in [1.29, 1.82) is 0 Å². The van der Waals surface area contributed by atoms with E-state index in [1.54, 1.807) is 24.3 Å². The molecule has 0 spiro atoms. The Morgan fingerprint density at radius 1 is 0.552 bits per heavy atom. The molecule has 0 aromatic heterocycles. The van der Waals surface area contributed by atoms with Crippen LogP contribution in [0.3, 0.4) is 0 Å². The summed E-state index contributed by atoms with van der Waals surface area (Å²) in [5.74, 6) is 0.409. The second-order valence-electron chi connectivity index (χ2n) is 9.64. The van der Waals surface area contributed by atoms with Crippen LogP contribution in [0.2, 0.25) is 0 Å². The normalized spacial score (nSPS) is 12.1. The van der Waals surface area contributed by atoms with Crippen molar-refractivity contribution in [3.8, 4) is 11.5 Å². The van der Waals surface area contributed by atoms with Gasteiger partial charge in [0.25, 0.3) is 0 Å². The summed E-state index contributed by atoms with van der Waals surface area (Å²) in [5.41, 5.74) is 5.12. The first-order valence-corrected chi connectivity index (χ1v) is 9.99. The van der Waals surface area contributed by atoms with E-state index in [0.29, 0.717) is 0 Å². The molecule has 0 aliphatic rings. The summed E-state index contributed by atoms with van der Waals surface area (Å²) in [6.07, 6.45) is 0. The van der Waals surface area contributed by atoms with Gasteiger partial charge in [0, 0.05) is 29.2 Å². The van der Waals surface area contributed by atoms with Gasteiger partial charge in [-0.05, 0) is 58.4 Å². The average molecular weight is 390 g/mol. The molecule has 0 saturated carbocycles. The predicted octanol–water partition coefficient (Wildman–Crippen LogP) is 7.16. The minimum atomic E-state index is -0.0146. The van der Waals surface area contributed by atoms with Gasteiger partial charge < -0.3 is 15.1 Å². The number of hydrogen-bond donors (Lipinski definition) is 2. The van der Waals surface area contributed by atoms with E-state index in [1.807, 2.05) is 24.3 Å². The van der Waals surface area contributed by atoms with Gasteiger partial charge in [0.2, 0.25) is 0 Å². The molecule has 0 heterocycles. The minimum Gasteiger partial charge on any atom is -0.508 e. The highest BCUT2D eigenvalue weighted by atomic mass is 16.3. The fourth-order valence-corrected chi connectivity index (χ4v) is 3.32. The lowest BCUT2D eigenvalue weighted by Crippen LogP contribution is -2.19. The highest BCUT2D eigenvalue weighted by Gasteiger charge is 2.23. The molecule has 0 aliphatic carbocycles. The lowest BCUT2D eigenvalue weighted by Gasteiger charge is -2.31. The molecule has 3 heteroatoms. The van der Waals surface area contributed by atoms with Gasteiger partial charge in [-0.1, -0.05) is 59.7 Å². The Labute approximate surface area is 174 Å². The molecule has 2 N–H and O–H groups in total. The van der Waals surface area contributed by atoms with Crippen LogP contribution < -0.4 is 4.90 Å². The quantitative estimate of drug-likeness (QED) is 0.499. The van der Waals surface area contributed by atoms with Crippen LogP contribution in [0, 0.1) is 0 Å². The predicted molar refractivity (Wildman–Crippen MR) is 122 cm³/mol. The Morgan fingerprint density at radius 3 is 1.31 bits per heavy atom. The number of nitrogens with zero attached hydrogens (tertiary/aromatic N) is 1. The van der Waals surface area contributed by atoms with Crippen molar-refractivity contribution < 1.29 is 10.2 Å². The Balaban J connectivity index is 2.30. The third-order valence-corrected chi connectivity index (χ3v) is 5.08. The number of phenols is 2. The van der Waals surface area contributed by atoms with Crippen LogP contribution in [-0.2, 0) is 10.8 Å². The molecule has 0 fully saturated rings. The Kier molecular flexibility index (Phi) is 5.36. The first-order valence-electron chi connectivity index (χ1n) is 9.99. The van der Waals surface area contributed by atoms with Gasteiger partial charge in [-0.25, -0.2) is 0 Å². The summed E-state index contributed by atoms with van der Waals surface area (Å²) in [5, 5.41) is 20.2. The van der Waals surface area contributed by atoms with Crippen LogP contribution in [0.15, 0.2) is 66.7 Å². The molecule has 0 aliphatic heterocycles. The highest BCUT2D eigenvalue weighted by molar-refractivity contribution is 5.78. The zero-order valence-electron chi connectivity index (χ0n) is 18.2. The average Bonchev–Trinajstić information content (AvgIpc) is 2.60. The van der Waals surface area contributed by atoms with Crippen molar-refractivity contribution in [2.45, 2.75) is 52.4 Å². The zero-order valence-corrected chi connectivity index (χ0v) is 18.2. The maximum Gasteiger partial charge on any atom is 0.117 e. The second-order valence-corrected chi connectivity index (χ2v) is 9.64. The monoisotopic (exact) mass is 389 g/mol. The van der Waals surface area contributed by atoms with Crippen LogP contribution in [0.25, 0.3) is 0 Å². The van der Waals surface area contributed by atoms with E-state index < -0.39 is 0 Å². The molecule has 3 aromatic carbocycles. The number of benzene rings is 3. The van der Waals surface area contributed by atoms with Crippen molar-refractivity contribution in [2.75, 3.05) is 4.90 Å². The molecule has 0 saturated heterocycles. The molecule has 3 rings (SSSR count). The van der Waals surface area contributed by atoms with Gasteiger partial charge in [-0.3, -0.25) is 0 Å². The third-order valence-electron chi connectivity index (χ3n) is 5.08. The summed E-state index contributed by atoms with van der Waals surface area (Å²) in [4.78, 5) is 2.07. The molecule has 152 valence electrons. The molecule has 0 radical (unpaired) electrons. The van der Waals surface area contributed by atoms with Crippen LogP contribution in [0.1, 0.15) is 52.7 Å². The number of rotatable bonds is 3. The van der Waals surface area contributed by atoms with Crippen LogP contribution in [0.5, 0.6) is 11.5 Å². The van der Waals surface area contributed by atoms with Gasteiger partial charge in [0.15, 0.2) is 0 Å². The highest BCUT2D eigenvalue weighted by Crippen LogP contribution is 2.41. The molecule has 0 amide bonds. The summed E-state index contributed by atoms with van der Waals surface area (Å²) in [7, 11) is 0. The first kappa shape index (κ1) is 20.8. The van der Waals surface area contributed by atoms with Crippen molar-refractivity contribution in [2.24, 2.45) is 0 Å². The molecular weight excluding hydrogens is 358 g/mol. The molecule has 3 nitrogen and oxygen atoms in total. The summed E-state index contributed by atoms with van der Waals surface area (Å²) in [6, 6.07) is 21.1. The molecule has 29 heavy (non-hydrogen) atoms. The fraction of sp³-hybridized carbons (Fsp3) is 0.308. The topological polar surface area (TPSA) is 43.7 Å². The van der Waals surface area contributed by atoms with Crippen molar-refractivity contribution >= 4 is 17.1 Å². The fourth-order valence-electron chi connectivity index (χ4n) is 3.32. The zero-order chi connectivity index (χ0) is 21.4. The standard InChI is InChI=1S/C26H31NO2/c1-25(2,3)18-13-19(26(4,5)6)15-22(14-18)27(20-9-7-11-23(28)16-20)21-10-8-12-24(29)17-21/h7-17,28-29H,1-6H3. The third kappa shape index (κ3) is 4.73. The smallest absolute Gasteiger partial charge is 0.117 e. The van der Waals surface area contributed by atoms with E-state index >= 15 is 0 Å². The van der Waals surface area contributed by atoms with E-state index in [2.05, 4.69) is 64.6 Å². The van der Waals surface area contributed by atoms with Crippen molar-refractivity contribution in [1.82, 2.24) is 0 Å². The Bertz CT molecular complexity index is 932. The van der Waals surface area contributed by atoms with Crippen LogP contribution in [0.4, 0.5) is 17.1 Å². The maximum atomic E-state index is 10.1. The summed E-state index contributed by atoms with van der Waals surface area (Å²) >= 11 is 0. The molecule has 3 aromatic rings. The van der Waals surface area contributed by atoms with E-state index in [9.17, 15) is 10.2 Å². The van der Waals surface area contributed by atoms with Crippen molar-refractivity contribution in [3.63, 3.8) is 0 Å². The molecule has 0 unspecified atom stereocenters. The Hall–Kier alpha value is -2.94. The number of anilines is 3. The van der Waals surface area contributed by atoms with Gasteiger partial charge in [-0.15, -0.1) is 0 Å². The molecular formula is C26H31NO2. The van der Waals surface area contributed by atoms with Crippen LogP contribution in [-0.4, -0.2) is 10.2 Å². The van der Waals surface area contributed by atoms with E-state index in [4.69, 9.17) is 0 Å². The molecule has 0 bridgehead atoms. The van der Waals surface area contributed by atoms with E-state index in [-0.39, 0.29) is 22.3 Å². The summed E-state index contributed by atoms with van der Waals surface area (Å²) in [6.45, 7) is 13.3. The van der Waals surface area contributed by atoms with Gasteiger partial charge in [0.05, 0.1) is 0 Å². The number of phenolic OH excluding ortho intramolecular Hbond substituents is 2. The SMILES string of the molecule is CC(C)(C)c1cc(N(c2cccc(O)c2)c2cccc(O)c2)cc(C(C)(C)C)c1. The Morgan fingerprint density at radius 2 is 0.966 bits per heavy atom. The second kappa shape index (κ2) is 7.47. The van der Waals surface area contributed by atoms with Gasteiger partial charge >= 0.3 is 0 Å².